The lowest BCUT2D eigenvalue weighted by atomic mass is 9.92. The average Bonchev–Trinajstić information content (AvgIpc) is 3.09. The predicted octanol–water partition coefficient (Wildman–Crippen LogP) is 5.12. The van der Waals surface area contributed by atoms with Gasteiger partial charge < -0.3 is 14.3 Å². The van der Waals surface area contributed by atoms with E-state index in [0.717, 1.165) is 19.3 Å². The first-order valence-electron chi connectivity index (χ1n) is 10.3. The van der Waals surface area contributed by atoms with Crippen LogP contribution in [-0.2, 0) is 9.16 Å². The lowest BCUT2D eigenvalue weighted by molar-refractivity contribution is -0.0906. The first-order valence-corrected chi connectivity index (χ1v) is 11.2. The van der Waals surface area contributed by atoms with Gasteiger partial charge in [0.05, 0.1) is 12.2 Å². The topological polar surface area (TPSA) is 38.7 Å². The van der Waals surface area contributed by atoms with Gasteiger partial charge in [0, 0.05) is 6.42 Å². The second kappa shape index (κ2) is 9.68. The van der Waals surface area contributed by atoms with Gasteiger partial charge in [-0.2, -0.15) is 0 Å². The fourth-order valence-corrected chi connectivity index (χ4v) is 4.57. The van der Waals surface area contributed by atoms with Crippen LogP contribution >= 0.6 is 0 Å². The number of allylic oxidation sites excluding steroid dienone is 1. The molecule has 1 heterocycles. The second-order valence-electron chi connectivity index (χ2n) is 8.79. The van der Waals surface area contributed by atoms with Crippen molar-refractivity contribution in [3.63, 3.8) is 0 Å². The standard InChI is InChI=1S/C21H38O3Si/c1-6-7-8-9-17(24-25-21(4,5)15(2)3)12-10-16-11-13-19-18(16)14-20(22)23-19/h10,12,15-20,22H,6-9,11,13-14H2,1-5H3/b12-10+. The Hall–Kier alpha value is -0.163. The minimum Gasteiger partial charge on any atom is -0.411 e. The summed E-state index contributed by atoms with van der Waals surface area (Å²) in [5.74, 6) is 1.66. The normalized spacial score (nSPS) is 31.2. The van der Waals surface area contributed by atoms with Gasteiger partial charge in [-0.1, -0.05) is 66.0 Å². The van der Waals surface area contributed by atoms with Crippen LogP contribution in [0.3, 0.4) is 0 Å². The summed E-state index contributed by atoms with van der Waals surface area (Å²) in [4.78, 5) is 0. The smallest absolute Gasteiger partial charge is 0.237 e. The van der Waals surface area contributed by atoms with Crippen LogP contribution in [0.1, 0.15) is 79.6 Å². The molecular weight excluding hydrogens is 328 g/mol. The quantitative estimate of drug-likeness (QED) is 0.331. The number of rotatable bonds is 10. The molecule has 25 heavy (non-hydrogen) atoms. The van der Waals surface area contributed by atoms with Crippen molar-refractivity contribution in [2.75, 3.05) is 0 Å². The van der Waals surface area contributed by atoms with Crippen LogP contribution in [0.25, 0.3) is 0 Å². The summed E-state index contributed by atoms with van der Waals surface area (Å²) in [7, 11) is 0.533. The summed E-state index contributed by atoms with van der Waals surface area (Å²) in [6.45, 7) is 11.4. The van der Waals surface area contributed by atoms with E-state index in [2.05, 4.69) is 46.8 Å². The third-order valence-corrected chi connectivity index (χ3v) is 7.72. The highest BCUT2D eigenvalue weighted by Crippen LogP contribution is 2.43. The largest absolute Gasteiger partial charge is 0.411 e. The summed E-state index contributed by atoms with van der Waals surface area (Å²) >= 11 is 0. The van der Waals surface area contributed by atoms with Crippen molar-refractivity contribution in [3.8, 4) is 0 Å². The van der Waals surface area contributed by atoms with E-state index in [-0.39, 0.29) is 17.2 Å². The monoisotopic (exact) mass is 366 g/mol. The fraction of sp³-hybridized carbons (Fsp3) is 0.905. The molecule has 0 aromatic carbocycles. The van der Waals surface area contributed by atoms with Gasteiger partial charge in [0.25, 0.3) is 0 Å². The fourth-order valence-electron chi connectivity index (χ4n) is 3.69. The highest BCUT2D eigenvalue weighted by atomic mass is 28.2. The Kier molecular flexibility index (Phi) is 8.19. The number of hydrogen-bond acceptors (Lipinski definition) is 3. The molecule has 1 aliphatic heterocycles. The van der Waals surface area contributed by atoms with Crippen molar-refractivity contribution in [1.29, 1.82) is 0 Å². The van der Waals surface area contributed by atoms with Gasteiger partial charge in [-0.05, 0) is 42.1 Å². The Morgan fingerprint density at radius 1 is 1.28 bits per heavy atom. The summed E-state index contributed by atoms with van der Waals surface area (Å²) in [6, 6.07) is 0. The van der Waals surface area contributed by atoms with E-state index < -0.39 is 6.29 Å². The molecule has 0 bridgehead atoms. The minimum atomic E-state index is -0.545. The molecule has 0 aromatic rings. The summed E-state index contributed by atoms with van der Waals surface area (Å²) in [6.07, 6.45) is 12.6. The van der Waals surface area contributed by atoms with Crippen molar-refractivity contribution in [2.24, 2.45) is 17.8 Å². The molecule has 2 radical (unpaired) electrons. The lowest BCUT2D eigenvalue weighted by Crippen LogP contribution is -2.26. The number of aliphatic hydroxyl groups excluding tert-OH is 1. The Morgan fingerprint density at radius 2 is 2.04 bits per heavy atom. The maximum atomic E-state index is 9.73. The molecule has 3 nitrogen and oxygen atoms in total. The molecular formula is C21H38O3Si. The van der Waals surface area contributed by atoms with E-state index in [4.69, 9.17) is 9.16 Å². The molecule has 1 saturated heterocycles. The van der Waals surface area contributed by atoms with E-state index in [1.165, 1.54) is 25.7 Å². The maximum absolute atomic E-state index is 9.73. The molecule has 1 N–H and O–H groups in total. The van der Waals surface area contributed by atoms with Crippen LogP contribution < -0.4 is 0 Å². The number of hydrogen-bond donors (Lipinski definition) is 1. The van der Waals surface area contributed by atoms with Gasteiger partial charge in [-0.25, -0.2) is 0 Å². The molecule has 4 heteroatoms. The SMILES string of the molecule is CCCCCC(/C=C/C1CCC2OC(O)CC12)O[Si]C(C)(C)C(C)C. The molecule has 1 saturated carbocycles. The highest BCUT2D eigenvalue weighted by Gasteiger charge is 2.42. The Labute approximate surface area is 157 Å². The summed E-state index contributed by atoms with van der Waals surface area (Å²) < 4.78 is 12.0. The number of aliphatic hydroxyl groups is 1. The zero-order valence-electron chi connectivity index (χ0n) is 16.8. The third kappa shape index (κ3) is 6.19. The van der Waals surface area contributed by atoms with Crippen LogP contribution in [0.2, 0.25) is 5.04 Å². The van der Waals surface area contributed by atoms with Crippen LogP contribution in [0, 0.1) is 17.8 Å². The van der Waals surface area contributed by atoms with Crippen molar-refractivity contribution in [1.82, 2.24) is 0 Å². The molecule has 0 aromatic heterocycles. The minimum absolute atomic E-state index is 0.231. The number of unbranched alkanes of at least 4 members (excludes halogenated alkanes) is 2. The van der Waals surface area contributed by atoms with Crippen molar-refractivity contribution >= 4 is 9.76 Å². The average molecular weight is 367 g/mol. The molecule has 2 rings (SSSR count). The van der Waals surface area contributed by atoms with Gasteiger partial charge in [0.15, 0.2) is 6.29 Å². The van der Waals surface area contributed by atoms with Crippen molar-refractivity contribution < 1.29 is 14.3 Å². The van der Waals surface area contributed by atoms with Crippen molar-refractivity contribution in [3.05, 3.63) is 12.2 Å². The molecule has 0 spiro atoms. The van der Waals surface area contributed by atoms with Gasteiger partial charge in [-0.3, -0.25) is 0 Å². The predicted molar refractivity (Wildman–Crippen MR) is 104 cm³/mol. The molecule has 5 unspecified atom stereocenters. The van der Waals surface area contributed by atoms with E-state index in [0.29, 0.717) is 27.5 Å². The molecule has 5 atom stereocenters. The van der Waals surface area contributed by atoms with Crippen LogP contribution in [-0.4, -0.2) is 33.4 Å². The second-order valence-corrected chi connectivity index (χ2v) is 10.5. The van der Waals surface area contributed by atoms with E-state index in [1.54, 1.807) is 0 Å². The van der Waals surface area contributed by atoms with Crippen LogP contribution in [0.5, 0.6) is 0 Å². The van der Waals surface area contributed by atoms with E-state index in [1.807, 2.05) is 0 Å². The zero-order valence-corrected chi connectivity index (χ0v) is 17.8. The third-order valence-electron chi connectivity index (χ3n) is 6.20. The Morgan fingerprint density at radius 3 is 2.72 bits per heavy atom. The zero-order chi connectivity index (χ0) is 18.4. The van der Waals surface area contributed by atoms with Gasteiger partial charge >= 0.3 is 0 Å². The lowest BCUT2D eigenvalue weighted by Gasteiger charge is -2.29. The van der Waals surface area contributed by atoms with Crippen molar-refractivity contribution in [2.45, 2.75) is 103 Å². The van der Waals surface area contributed by atoms with Gasteiger partial charge in [-0.15, -0.1) is 0 Å². The first-order chi connectivity index (χ1) is 11.8. The number of ether oxygens (including phenoxy) is 1. The molecule has 2 aliphatic rings. The van der Waals surface area contributed by atoms with E-state index in [9.17, 15) is 5.11 Å². The van der Waals surface area contributed by atoms with Gasteiger partial charge in [0.1, 0.15) is 0 Å². The highest BCUT2D eigenvalue weighted by molar-refractivity contribution is 6.32. The van der Waals surface area contributed by atoms with E-state index >= 15 is 0 Å². The van der Waals surface area contributed by atoms with Crippen LogP contribution in [0.4, 0.5) is 0 Å². The number of fused-ring (bicyclic) bond motifs is 1. The summed E-state index contributed by atoms with van der Waals surface area (Å²) in [5.41, 5.74) is 0. The molecule has 1 aliphatic carbocycles. The maximum Gasteiger partial charge on any atom is 0.237 e. The molecule has 0 amide bonds. The molecule has 2 fully saturated rings. The molecule has 144 valence electrons. The summed E-state index contributed by atoms with van der Waals surface area (Å²) in [5, 5.41) is 9.96. The van der Waals surface area contributed by atoms with Crippen LogP contribution in [0.15, 0.2) is 12.2 Å². The first kappa shape index (κ1) is 21.1. The van der Waals surface area contributed by atoms with Gasteiger partial charge in [0.2, 0.25) is 9.76 Å². The Balaban J connectivity index is 1.90. The Bertz CT molecular complexity index is 421.